The zero-order valence-corrected chi connectivity index (χ0v) is 8.18. The summed E-state index contributed by atoms with van der Waals surface area (Å²) in [5, 5.41) is 0. The molecule has 0 aromatic carbocycles. The fraction of sp³-hybridized carbons (Fsp3) is 1.00. The van der Waals surface area contributed by atoms with Gasteiger partial charge in [-0.3, -0.25) is 0 Å². The topological polar surface area (TPSA) is 12.5 Å². The van der Waals surface area contributed by atoms with Gasteiger partial charge >= 0.3 is 0 Å². The molecule has 2 fully saturated rings. The average Bonchev–Trinajstić information content (AvgIpc) is 2.00. The smallest absolute Gasteiger partial charge is 0.0545 e. The summed E-state index contributed by atoms with van der Waals surface area (Å²) >= 11 is 0. The highest BCUT2D eigenvalue weighted by Gasteiger charge is 2.42. The zero-order chi connectivity index (χ0) is 8.60. The van der Waals surface area contributed by atoms with Gasteiger partial charge in [0.05, 0.1) is 13.2 Å². The summed E-state index contributed by atoms with van der Waals surface area (Å²) in [6.45, 7) is 6.92. The Kier molecular flexibility index (Phi) is 2.13. The van der Waals surface area contributed by atoms with Crippen molar-refractivity contribution in [3.63, 3.8) is 0 Å². The first-order chi connectivity index (χ1) is 5.71. The molecule has 2 aliphatic rings. The molecule has 2 saturated heterocycles. The van der Waals surface area contributed by atoms with Crippen LogP contribution in [0, 0.1) is 11.3 Å². The number of piperidine rings is 1. The summed E-state index contributed by atoms with van der Waals surface area (Å²) in [5.41, 5.74) is 0.509. The van der Waals surface area contributed by atoms with Crippen LogP contribution in [-0.4, -0.2) is 38.3 Å². The third-order valence-corrected chi connectivity index (χ3v) is 3.47. The van der Waals surface area contributed by atoms with Crippen molar-refractivity contribution in [2.45, 2.75) is 19.8 Å². The lowest BCUT2D eigenvalue weighted by Crippen LogP contribution is -2.51. The maximum absolute atomic E-state index is 5.31. The van der Waals surface area contributed by atoms with E-state index in [1.54, 1.807) is 0 Å². The SMILES string of the molecule is CN1CCCC(C2(C)COC2)C1. The Hall–Kier alpha value is -0.0800. The first-order valence-corrected chi connectivity index (χ1v) is 4.97. The number of ether oxygens (including phenoxy) is 1. The highest BCUT2D eigenvalue weighted by molar-refractivity contribution is 4.90. The van der Waals surface area contributed by atoms with Gasteiger partial charge in [-0.25, -0.2) is 0 Å². The molecule has 0 aliphatic carbocycles. The van der Waals surface area contributed by atoms with Gasteiger partial charge in [-0.15, -0.1) is 0 Å². The molecule has 0 bridgehead atoms. The molecule has 0 radical (unpaired) electrons. The van der Waals surface area contributed by atoms with E-state index in [0.717, 1.165) is 19.1 Å². The predicted molar refractivity (Wildman–Crippen MR) is 49.1 cm³/mol. The third kappa shape index (κ3) is 1.38. The Bertz CT molecular complexity index is 165. The van der Waals surface area contributed by atoms with Crippen LogP contribution >= 0.6 is 0 Å². The van der Waals surface area contributed by atoms with Gasteiger partial charge in [0.15, 0.2) is 0 Å². The van der Waals surface area contributed by atoms with Crippen molar-refractivity contribution in [3.05, 3.63) is 0 Å². The van der Waals surface area contributed by atoms with Crippen molar-refractivity contribution in [1.29, 1.82) is 0 Å². The Morgan fingerprint density at radius 3 is 2.67 bits per heavy atom. The molecule has 0 aromatic heterocycles. The van der Waals surface area contributed by atoms with E-state index in [2.05, 4.69) is 18.9 Å². The van der Waals surface area contributed by atoms with Crippen molar-refractivity contribution in [1.82, 2.24) is 4.90 Å². The minimum atomic E-state index is 0.509. The van der Waals surface area contributed by atoms with Crippen molar-refractivity contribution in [2.24, 2.45) is 11.3 Å². The third-order valence-electron chi connectivity index (χ3n) is 3.47. The molecule has 2 nitrogen and oxygen atoms in total. The molecular weight excluding hydrogens is 150 g/mol. The fourth-order valence-corrected chi connectivity index (χ4v) is 2.39. The normalized spacial score (nSPS) is 36.0. The largest absolute Gasteiger partial charge is 0.380 e. The summed E-state index contributed by atoms with van der Waals surface area (Å²) in [6.07, 6.45) is 2.78. The minimum Gasteiger partial charge on any atom is -0.380 e. The molecule has 12 heavy (non-hydrogen) atoms. The van der Waals surface area contributed by atoms with Crippen LogP contribution in [0.3, 0.4) is 0 Å². The Morgan fingerprint density at radius 1 is 1.42 bits per heavy atom. The summed E-state index contributed by atoms with van der Waals surface area (Å²) in [5.74, 6) is 0.880. The first kappa shape index (κ1) is 8.52. The second kappa shape index (κ2) is 3.00. The van der Waals surface area contributed by atoms with Crippen molar-refractivity contribution >= 4 is 0 Å². The lowest BCUT2D eigenvalue weighted by Gasteiger charge is -2.47. The van der Waals surface area contributed by atoms with Crippen molar-refractivity contribution in [2.75, 3.05) is 33.4 Å². The first-order valence-electron chi connectivity index (χ1n) is 4.97. The Balaban J connectivity index is 1.94. The van der Waals surface area contributed by atoms with Crippen LogP contribution in [0.2, 0.25) is 0 Å². The second-order valence-electron chi connectivity index (χ2n) is 4.75. The second-order valence-corrected chi connectivity index (χ2v) is 4.75. The van der Waals surface area contributed by atoms with Gasteiger partial charge < -0.3 is 9.64 Å². The standard InChI is InChI=1S/C10H19NO/c1-10(7-12-8-10)9-4-3-5-11(2)6-9/h9H,3-8H2,1-2H3. The molecule has 0 spiro atoms. The molecule has 0 saturated carbocycles. The monoisotopic (exact) mass is 169 g/mol. The molecular formula is C10H19NO. The van der Waals surface area contributed by atoms with Crippen LogP contribution in [0.15, 0.2) is 0 Å². The van der Waals surface area contributed by atoms with Crippen LogP contribution in [0.25, 0.3) is 0 Å². The van der Waals surface area contributed by atoms with Crippen molar-refractivity contribution < 1.29 is 4.74 Å². The van der Waals surface area contributed by atoms with Gasteiger partial charge in [0.2, 0.25) is 0 Å². The van der Waals surface area contributed by atoms with E-state index in [1.165, 1.54) is 25.9 Å². The number of rotatable bonds is 1. The minimum absolute atomic E-state index is 0.509. The Morgan fingerprint density at radius 2 is 2.17 bits per heavy atom. The quantitative estimate of drug-likeness (QED) is 0.588. The van der Waals surface area contributed by atoms with E-state index in [9.17, 15) is 0 Å². The number of hydrogen-bond acceptors (Lipinski definition) is 2. The van der Waals surface area contributed by atoms with Gasteiger partial charge in [0, 0.05) is 12.0 Å². The van der Waals surface area contributed by atoms with Gasteiger partial charge in [0.25, 0.3) is 0 Å². The molecule has 0 aromatic rings. The van der Waals surface area contributed by atoms with E-state index in [4.69, 9.17) is 4.74 Å². The van der Waals surface area contributed by atoms with Crippen LogP contribution in [0.5, 0.6) is 0 Å². The van der Waals surface area contributed by atoms with E-state index in [1.807, 2.05) is 0 Å². The van der Waals surface area contributed by atoms with E-state index < -0.39 is 0 Å². The van der Waals surface area contributed by atoms with Crippen LogP contribution in [0.1, 0.15) is 19.8 Å². The molecule has 0 amide bonds. The maximum atomic E-state index is 5.31. The molecule has 2 aliphatic heterocycles. The van der Waals surface area contributed by atoms with E-state index in [-0.39, 0.29) is 0 Å². The highest BCUT2D eigenvalue weighted by Crippen LogP contribution is 2.39. The zero-order valence-electron chi connectivity index (χ0n) is 8.18. The van der Waals surface area contributed by atoms with Crippen LogP contribution in [0.4, 0.5) is 0 Å². The molecule has 1 unspecified atom stereocenters. The van der Waals surface area contributed by atoms with Gasteiger partial charge in [-0.1, -0.05) is 6.92 Å². The summed E-state index contributed by atoms with van der Waals surface area (Å²) in [4.78, 5) is 2.46. The van der Waals surface area contributed by atoms with Crippen LogP contribution in [-0.2, 0) is 4.74 Å². The predicted octanol–water partition coefficient (Wildman–Crippen LogP) is 1.36. The number of nitrogens with zero attached hydrogens (tertiary/aromatic N) is 1. The average molecular weight is 169 g/mol. The van der Waals surface area contributed by atoms with Crippen molar-refractivity contribution in [3.8, 4) is 0 Å². The molecule has 2 heteroatoms. The fourth-order valence-electron chi connectivity index (χ4n) is 2.39. The lowest BCUT2D eigenvalue weighted by molar-refractivity contribution is -0.144. The maximum Gasteiger partial charge on any atom is 0.0545 e. The summed E-state index contributed by atoms with van der Waals surface area (Å²) in [7, 11) is 2.23. The van der Waals surface area contributed by atoms with E-state index in [0.29, 0.717) is 5.41 Å². The highest BCUT2D eigenvalue weighted by atomic mass is 16.5. The summed E-state index contributed by atoms with van der Waals surface area (Å²) in [6, 6.07) is 0. The van der Waals surface area contributed by atoms with Gasteiger partial charge in [-0.05, 0) is 32.4 Å². The van der Waals surface area contributed by atoms with Crippen LogP contribution < -0.4 is 0 Å². The number of hydrogen-bond donors (Lipinski definition) is 0. The van der Waals surface area contributed by atoms with Gasteiger partial charge in [0.1, 0.15) is 0 Å². The molecule has 70 valence electrons. The van der Waals surface area contributed by atoms with Gasteiger partial charge in [-0.2, -0.15) is 0 Å². The Labute approximate surface area is 74.9 Å². The molecule has 2 heterocycles. The molecule has 1 atom stereocenters. The van der Waals surface area contributed by atoms with E-state index >= 15 is 0 Å². The molecule has 2 rings (SSSR count). The molecule has 0 N–H and O–H groups in total. The summed E-state index contributed by atoms with van der Waals surface area (Å²) < 4.78 is 5.31. The number of likely N-dealkylation sites (tertiary alicyclic amines) is 1. The lowest BCUT2D eigenvalue weighted by atomic mass is 9.72.